The maximum atomic E-state index is 13.1. The van der Waals surface area contributed by atoms with E-state index in [1.165, 1.54) is 24.3 Å². The minimum atomic E-state index is -4.26. The van der Waals surface area contributed by atoms with Crippen LogP contribution in [-0.4, -0.2) is 56.8 Å². The number of halogens is 1. The van der Waals surface area contributed by atoms with Crippen molar-refractivity contribution in [2.75, 3.05) is 24.2 Å². The predicted molar refractivity (Wildman–Crippen MR) is 226 cm³/mol. The summed E-state index contributed by atoms with van der Waals surface area (Å²) >= 11 is 0. The monoisotopic (exact) mass is 894 g/mol. The number of carbonyl (C=O) groups is 2. The number of rotatable bonds is 10. The molecule has 2 aliphatic carbocycles. The molecule has 0 spiro atoms. The minimum Gasteiger partial charge on any atom is -0.454 e. The molecule has 0 unspecified atom stereocenters. The standard InChI is InChI=1S/C22H17ClN2O5S.C22H18N2O6S/c23-31(27,28)16-7-4-14(5-8-16)17-2-1-3-20(24-17)25-21(26)22(10-11-22)15-6-9-18-19(12-15)30-13-29-18;25-21(22(10-11-22)15-6-9-18-19(12-15)30-13-29-18)24-20-3-1-2-17(23-20)14-4-7-16(8-5-14)31(26,27)28/h1-9,12H,10-11,13H2,(H,24,25,26);1-9,12H,10-11,13H2,(H,23,24,25)(H,26,27,28). The van der Waals surface area contributed by atoms with Gasteiger partial charge in [-0.2, -0.15) is 8.42 Å². The topological polar surface area (TPSA) is 209 Å². The number of pyridine rings is 2. The third kappa shape index (κ3) is 8.26. The molecular weight excluding hydrogens is 860 g/mol. The third-order valence-corrected chi connectivity index (χ3v) is 13.3. The van der Waals surface area contributed by atoms with Crippen molar-refractivity contribution in [2.45, 2.75) is 46.3 Å². The average Bonchev–Trinajstić information content (AvgIpc) is 4.16. The second kappa shape index (κ2) is 15.7. The van der Waals surface area contributed by atoms with Crippen molar-refractivity contribution in [1.82, 2.24) is 9.97 Å². The summed E-state index contributed by atoms with van der Waals surface area (Å²) in [7, 11) is -2.68. The number of anilines is 2. The molecule has 6 aromatic rings. The molecule has 2 fully saturated rings. The Labute approximate surface area is 360 Å². The Balaban J connectivity index is 0.000000158. The van der Waals surface area contributed by atoms with Crippen molar-refractivity contribution in [3.8, 4) is 45.5 Å². The van der Waals surface area contributed by atoms with Crippen LogP contribution in [0.25, 0.3) is 22.5 Å². The number of carbonyl (C=O) groups excluding carboxylic acids is 2. The molecule has 2 saturated carbocycles. The van der Waals surface area contributed by atoms with Gasteiger partial charge in [-0.3, -0.25) is 14.1 Å². The first kappa shape index (κ1) is 40.9. The second-order valence-corrected chi connectivity index (χ2v) is 19.0. The van der Waals surface area contributed by atoms with Gasteiger partial charge in [0.2, 0.25) is 25.4 Å². The van der Waals surface area contributed by atoms with Crippen molar-refractivity contribution in [2.24, 2.45) is 0 Å². The van der Waals surface area contributed by atoms with E-state index in [1.807, 2.05) is 36.4 Å². The molecular formula is C44H35ClN4O11S2. The normalized spacial score (nSPS) is 16.0. The van der Waals surface area contributed by atoms with Crippen LogP contribution in [0.1, 0.15) is 36.8 Å². The number of nitrogens with zero attached hydrogens (tertiary/aromatic N) is 2. The van der Waals surface area contributed by atoms with E-state index < -0.39 is 30.0 Å². The fraction of sp³-hybridized carbons (Fsp3) is 0.182. The van der Waals surface area contributed by atoms with Gasteiger partial charge in [0.15, 0.2) is 23.0 Å². The smallest absolute Gasteiger partial charge is 0.294 e. The largest absolute Gasteiger partial charge is 0.454 e. The summed E-state index contributed by atoms with van der Waals surface area (Å²) in [5.74, 6) is 3.20. The van der Waals surface area contributed by atoms with Gasteiger partial charge in [-0.1, -0.05) is 48.5 Å². The first-order valence-corrected chi connectivity index (χ1v) is 23.0. The zero-order valence-electron chi connectivity index (χ0n) is 32.4. The van der Waals surface area contributed by atoms with E-state index in [2.05, 4.69) is 20.6 Å². The average molecular weight is 895 g/mol. The van der Waals surface area contributed by atoms with E-state index in [0.717, 1.165) is 36.8 Å². The van der Waals surface area contributed by atoms with Crippen molar-refractivity contribution in [3.63, 3.8) is 0 Å². The van der Waals surface area contributed by atoms with E-state index in [9.17, 15) is 26.4 Å². The lowest BCUT2D eigenvalue weighted by atomic mass is 9.94. The molecule has 0 atom stereocenters. The number of hydrogen-bond acceptors (Lipinski definition) is 12. The van der Waals surface area contributed by atoms with Crippen molar-refractivity contribution >= 4 is 53.3 Å². The van der Waals surface area contributed by atoms with Crippen LogP contribution in [0.2, 0.25) is 0 Å². The van der Waals surface area contributed by atoms with E-state index in [1.54, 1.807) is 60.7 Å². The van der Waals surface area contributed by atoms with Crippen LogP contribution in [0.4, 0.5) is 11.6 Å². The van der Waals surface area contributed by atoms with Gasteiger partial charge >= 0.3 is 0 Å². The number of hydrogen-bond donors (Lipinski definition) is 3. The predicted octanol–water partition coefficient (Wildman–Crippen LogP) is 7.47. The quantitative estimate of drug-likeness (QED) is 0.0902. The fourth-order valence-electron chi connectivity index (χ4n) is 7.32. The lowest BCUT2D eigenvalue weighted by Crippen LogP contribution is -2.28. The zero-order valence-corrected chi connectivity index (χ0v) is 34.8. The Morgan fingerprint density at radius 2 is 0.952 bits per heavy atom. The van der Waals surface area contributed by atoms with Crippen LogP contribution in [-0.2, 0) is 39.6 Å². The Morgan fingerprint density at radius 3 is 1.34 bits per heavy atom. The molecule has 62 heavy (non-hydrogen) atoms. The summed E-state index contributed by atoms with van der Waals surface area (Å²) in [6, 6.07) is 33.4. The van der Waals surface area contributed by atoms with Gasteiger partial charge in [0.25, 0.3) is 19.2 Å². The number of amides is 2. The molecule has 0 saturated heterocycles. The molecule has 4 heterocycles. The number of fused-ring (bicyclic) bond motifs is 2. The number of aromatic nitrogens is 2. The van der Waals surface area contributed by atoms with Crippen molar-refractivity contribution in [3.05, 3.63) is 132 Å². The van der Waals surface area contributed by atoms with Gasteiger partial charge in [0.1, 0.15) is 11.6 Å². The highest BCUT2D eigenvalue weighted by Gasteiger charge is 2.53. The van der Waals surface area contributed by atoms with E-state index >= 15 is 0 Å². The first-order valence-electron chi connectivity index (χ1n) is 19.2. The molecule has 18 heteroatoms. The first-order chi connectivity index (χ1) is 29.7. The molecule has 2 aromatic heterocycles. The maximum absolute atomic E-state index is 13.1. The molecule has 0 bridgehead atoms. The van der Waals surface area contributed by atoms with Gasteiger partial charge in [0, 0.05) is 21.8 Å². The lowest BCUT2D eigenvalue weighted by Gasteiger charge is -2.16. The summed E-state index contributed by atoms with van der Waals surface area (Å²) in [6.07, 6.45) is 2.95. The zero-order chi connectivity index (χ0) is 43.3. The molecule has 316 valence electrons. The van der Waals surface area contributed by atoms with E-state index in [0.29, 0.717) is 57.1 Å². The summed E-state index contributed by atoms with van der Waals surface area (Å²) in [6.45, 7) is 0.367. The summed E-state index contributed by atoms with van der Waals surface area (Å²) in [5, 5.41) is 5.82. The second-order valence-electron chi connectivity index (χ2n) is 15.0. The Morgan fingerprint density at radius 1 is 0.548 bits per heavy atom. The molecule has 2 aliphatic heterocycles. The Hall–Kier alpha value is -6.53. The highest BCUT2D eigenvalue weighted by Crippen LogP contribution is 2.52. The SMILES string of the molecule is O=C(Nc1cccc(-c2ccc(S(=O)(=O)Cl)cc2)n1)C1(c2ccc3c(c2)OCO3)CC1.O=C(Nc1cccc(-c2ccc(S(=O)(=O)O)cc2)n1)C1(c2ccc3c(c2)OCO3)CC1. The van der Waals surface area contributed by atoms with E-state index in [-0.39, 0.29) is 35.2 Å². The van der Waals surface area contributed by atoms with Gasteiger partial charge < -0.3 is 29.6 Å². The summed E-state index contributed by atoms with van der Waals surface area (Å²) in [5.41, 5.74) is 3.08. The molecule has 0 radical (unpaired) electrons. The Kier molecular flexibility index (Phi) is 10.4. The number of benzene rings is 4. The number of nitrogens with one attached hydrogen (secondary N) is 2. The van der Waals surface area contributed by atoms with Crippen molar-refractivity contribution in [1.29, 1.82) is 0 Å². The fourth-order valence-corrected chi connectivity index (χ4v) is 8.57. The Bertz CT molecular complexity index is 2770. The van der Waals surface area contributed by atoms with Crippen LogP contribution < -0.4 is 29.6 Å². The molecule has 4 aromatic carbocycles. The van der Waals surface area contributed by atoms with Crippen LogP contribution in [0.3, 0.4) is 0 Å². The molecule has 15 nitrogen and oxygen atoms in total. The van der Waals surface area contributed by atoms with Gasteiger partial charge in [-0.25, -0.2) is 18.4 Å². The lowest BCUT2D eigenvalue weighted by molar-refractivity contribution is -0.119. The van der Waals surface area contributed by atoms with Crippen LogP contribution in [0, 0.1) is 0 Å². The van der Waals surface area contributed by atoms with Gasteiger partial charge in [0.05, 0.1) is 32.0 Å². The molecule has 3 N–H and O–H groups in total. The third-order valence-electron chi connectivity index (χ3n) is 11.1. The van der Waals surface area contributed by atoms with Gasteiger partial charge in [-0.15, -0.1) is 0 Å². The van der Waals surface area contributed by atoms with Crippen molar-refractivity contribution < 1.29 is 49.9 Å². The maximum Gasteiger partial charge on any atom is 0.294 e. The number of ether oxygens (including phenoxy) is 4. The minimum absolute atomic E-state index is 0.0155. The molecule has 4 aliphatic rings. The summed E-state index contributed by atoms with van der Waals surface area (Å²) in [4.78, 5) is 35.0. The highest BCUT2D eigenvalue weighted by molar-refractivity contribution is 8.13. The van der Waals surface area contributed by atoms with E-state index in [4.69, 9.17) is 34.2 Å². The van der Waals surface area contributed by atoms with Crippen LogP contribution in [0.15, 0.2) is 131 Å². The van der Waals surface area contributed by atoms with Crippen LogP contribution in [0.5, 0.6) is 23.0 Å². The van der Waals surface area contributed by atoms with Crippen LogP contribution >= 0.6 is 10.7 Å². The summed E-state index contributed by atoms with van der Waals surface area (Å²) < 4.78 is 76.0. The molecule has 2 amide bonds. The van der Waals surface area contributed by atoms with Gasteiger partial charge in [-0.05, 0) is 110 Å². The molecule has 10 rings (SSSR count). The highest BCUT2D eigenvalue weighted by atomic mass is 35.7.